The minimum atomic E-state index is -1.44. The Hall–Kier alpha value is -2.51. The summed E-state index contributed by atoms with van der Waals surface area (Å²) in [7, 11) is 3.91. The van der Waals surface area contributed by atoms with Gasteiger partial charge < -0.3 is 14.6 Å². The zero-order valence-electron chi connectivity index (χ0n) is 17.4. The standard InChI is InChI=1S/C22H27N3O3S/c1-15(22(2,3)20(26)27)25-19-13-9-7-11-17(19)23-21(25)29(28)14-16-10-6-8-12-18(16)24(4)5/h6-13,15H,14H2,1-5H3,(H,26,27). The lowest BCUT2D eigenvalue weighted by atomic mass is 9.85. The number of rotatable bonds is 7. The van der Waals surface area contributed by atoms with E-state index in [0.29, 0.717) is 16.4 Å². The van der Waals surface area contributed by atoms with E-state index < -0.39 is 28.6 Å². The first kappa shape index (κ1) is 21.2. The Balaban J connectivity index is 2.09. The monoisotopic (exact) mass is 413 g/mol. The molecule has 0 saturated heterocycles. The highest BCUT2D eigenvalue weighted by Crippen LogP contribution is 2.37. The lowest BCUT2D eigenvalue weighted by molar-refractivity contribution is -0.149. The Morgan fingerprint density at radius 3 is 2.48 bits per heavy atom. The Morgan fingerprint density at radius 1 is 1.21 bits per heavy atom. The predicted octanol–water partition coefficient (Wildman–Crippen LogP) is 4.08. The van der Waals surface area contributed by atoms with E-state index in [1.165, 1.54) is 0 Å². The number of carboxylic acid groups (broad SMARTS) is 1. The predicted molar refractivity (Wildman–Crippen MR) is 117 cm³/mol. The Morgan fingerprint density at radius 2 is 1.83 bits per heavy atom. The third-order valence-corrected chi connectivity index (χ3v) is 6.78. The number of hydrogen-bond donors (Lipinski definition) is 1. The van der Waals surface area contributed by atoms with Crippen molar-refractivity contribution in [3.63, 3.8) is 0 Å². The second-order valence-corrected chi connectivity index (χ2v) is 9.31. The largest absolute Gasteiger partial charge is 0.609 e. The summed E-state index contributed by atoms with van der Waals surface area (Å²) in [6.45, 7) is 5.21. The molecule has 3 aromatic rings. The summed E-state index contributed by atoms with van der Waals surface area (Å²) >= 11 is -1.44. The minimum absolute atomic E-state index is 0.303. The molecule has 0 fully saturated rings. The molecular weight excluding hydrogens is 386 g/mol. The number of aromatic nitrogens is 2. The van der Waals surface area contributed by atoms with Crippen LogP contribution in [0.2, 0.25) is 0 Å². The van der Waals surface area contributed by atoms with Crippen molar-refractivity contribution >= 4 is 33.9 Å². The van der Waals surface area contributed by atoms with Gasteiger partial charge in [0.25, 0.3) is 0 Å². The molecule has 0 aliphatic carbocycles. The van der Waals surface area contributed by atoms with Crippen molar-refractivity contribution in [3.05, 3.63) is 54.1 Å². The van der Waals surface area contributed by atoms with E-state index in [9.17, 15) is 14.5 Å². The first-order valence-corrected chi connectivity index (χ1v) is 10.8. The van der Waals surface area contributed by atoms with Gasteiger partial charge in [-0.1, -0.05) is 30.3 Å². The Kier molecular flexibility index (Phi) is 5.91. The molecule has 0 amide bonds. The van der Waals surface area contributed by atoms with Crippen LogP contribution >= 0.6 is 0 Å². The van der Waals surface area contributed by atoms with E-state index in [1.54, 1.807) is 13.8 Å². The number of hydrogen-bond acceptors (Lipinski definition) is 4. The average Bonchev–Trinajstić information content (AvgIpc) is 3.07. The summed E-state index contributed by atoms with van der Waals surface area (Å²) in [5.74, 6) is -0.602. The molecule has 3 rings (SSSR count). The van der Waals surface area contributed by atoms with Crippen molar-refractivity contribution in [3.8, 4) is 0 Å². The van der Waals surface area contributed by atoms with E-state index in [0.717, 1.165) is 16.8 Å². The third kappa shape index (κ3) is 3.97. The second-order valence-electron chi connectivity index (χ2n) is 7.97. The molecule has 0 radical (unpaired) electrons. The maximum absolute atomic E-state index is 13.4. The first-order valence-electron chi connectivity index (χ1n) is 9.48. The molecule has 154 valence electrons. The van der Waals surface area contributed by atoms with Crippen LogP contribution in [-0.2, 0) is 21.7 Å². The normalized spacial score (nSPS) is 14.0. The van der Waals surface area contributed by atoms with Gasteiger partial charge in [0.2, 0.25) is 0 Å². The molecule has 0 aliphatic heterocycles. The van der Waals surface area contributed by atoms with Gasteiger partial charge in [-0.15, -0.1) is 0 Å². The van der Waals surface area contributed by atoms with E-state index in [2.05, 4.69) is 4.98 Å². The summed E-state index contributed by atoms with van der Waals surface area (Å²) < 4.78 is 15.3. The number of carbonyl (C=O) groups is 1. The molecule has 0 spiro atoms. The van der Waals surface area contributed by atoms with Gasteiger partial charge >= 0.3 is 11.1 Å². The number of imidazole rings is 1. The molecule has 2 aromatic carbocycles. The zero-order valence-corrected chi connectivity index (χ0v) is 18.2. The van der Waals surface area contributed by atoms with Gasteiger partial charge in [0.05, 0.1) is 22.5 Å². The number of carboxylic acids is 1. The molecule has 1 heterocycles. The van der Waals surface area contributed by atoms with Gasteiger partial charge in [-0.25, -0.2) is 0 Å². The minimum Gasteiger partial charge on any atom is -0.609 e. The van der Waals surface area contributed by atoms with E-state index in [-0.39, 0.29) is 0 Å². The van der Waals surface area contributed by atoms with Crippen LogP contribution in [0.4, 0.5) is 5.69 Å². The number of fused-ring (bicyclic) bond motifs is 1. The molecule has 0 saturated carbocycles. The van der Waals surface area contributed by atoms with Crippen molar-refractivity contribution in [1.82, 2.24) is 9.55 Å². The Labute approximate surface area is 174 Å². The lowest BCUT2D eigenvalue weighted by Crippen LogP contribution is -2.34. The maximum atomic E-state index is 13.4. The highest BCUT2D eigenvalue weighted by Gasteiger charge is 2.39. The van der Waals surface area contributed by atoms with Crippen LogP contribution in [0.25, 0.3) is 11.0 Å². The SMILES string of the molecule is CC(n1c([S+]([O-])Cc2ccccc2N(C)C)nc2ccccc21)C(C)(C)C(=O)O. The van der Waals surface area contributed by atoms with Crippen molar-refractivity contribution in [2.45, 2.75) is 37.7 Å². The number of anilines is 1. The van der Waals surface area contributed by atoms with Gasteiger partial charge in [-0.3, -0.25) is 9.36 Å². The van der Waals surface area contributed by atoms with Gasteiger partial charge in [0, 0.05) is 36.5 Å². The van der Waals surface area contributed by atoms with Crippen molar-refractivity contribution < 1.29 is 14.5 Å². The van der Waals surface area contributed by atoms with Crippen LogP contribution < -0.4 is 4.90 Å². The quantitative estimate of drug-likeness (QED) is 0.590. The summed E-state index contributed by atoms with van der Waals surface area (Å²) in [4.78, 5) is 18.5. The topological polar surface area (TPSA) is 81.4 Å². The summed E-state index contributed by atoms with van der Waals surface area (Å²) in [6.07, 6.45) is 0. The molecule has 29 heavy (non-hydrogen) atoms. The summed E-state index contributed by atoms with van der Waals surface area (Å²) in [6, 6.07) is 14.9. The lowest BCUT2D eigenvalue weighted by Gasteiger charge is -2.29. The molecule has 1 aromatic heterocycles. The first-order chi connectivity index (χ1) is 13.6. The van der Waals surface area contributed by atoms with Crippen LogP contribution in [0.3, 0.4) is 0 Å². The van der Waals surface area contributed by atoms with E-state index in [1.807, 2.05) is 79.0 Å². The van der Waals surface area contributed by atoms with E-state index >= 15 is 0 Å². The van der Waals surface area contributed by atoms with Crippen LogP contribution in [-0.4, -0.2) is 39.3 Å². The fourth-order valence-corrected chi connectivity index (χ4v) is 4.67. The van der Waals surface area contributed by atoms with Crippen molar-refractivity contribution in [2.75, 3.05) is 19.0 Å². The van der Waals surface area contributed by atoms with Crippen LogP contribution in [0.5, 0.6) is 0 Å². The molecular formula is C22H27N3O3S. The highest BCUT2D eigenvalue weighted by atomic mass is 32.2. The number of aliphatic carboxylic acids is 1. The van der Waals surface area contributed by atoms with Gasteiger partial charge in [-0.2, -0.15) is 4.98 Å². The molecule has 2 unspecified atom stereocenters. The number of benzene rings is 2. The Bertz CT molecular complexity index is 1030. The van der Waals surface area contributed by atoms with Crippen LogP contribution in [0, 0.1) is 5.41 Å². The molecule has 6 nitrogen and oxygen atoms in total. The second kappa shape index (κ2) is 8.08. The highest BCUT2D eigenvalue weighted by molar-refractivity contribution is 7.90. The fraction of sp³-hybridized carbons (Fsp3) is 0.364. The molecule has 0 bridgehead atoms. The van der Waals surface area contributed by atoms with E-state index in [4.69, 9.17) is 0 Å². The molecule has 2 atom stereocenters. The maximum Gasteiger partial charge on any atom is 0.324 e. The van der Waals surface area contributed by atoms with Crippen LogP contribution in [0.1, 0.15) is 32.4 Å². The molecule has 1 N–H and O–H groups in total. The summed E-state index contributed by atoms with van der Waals surface area (Å²) in [5.41, 5.74) is 2.41. The number of nitrogens with zero attached hydrogens (tertiary/aromatic N) is 3. The molecule has 0 aliphatic rings. The zero-order chi connectivity index (χ0) is 21.3. The smallest absolute Gasteiger partial charge is 0.324 e. The van der Waals surface area contributed by atoms with Crippen molar-refractivity contribution in [1.29, 1.82) is 0 Å². The van der Waals surface area contributed by atoms with Gasteiger partial charge in [0.15, 0.2) is 0 Å². The van der Waals surface area contributed by atoms with Gasteiger partial charge in [-0.05, 0) is 39.0 Å². The summed E-state index contributed by atoms with van der Waals surface area (Å²) in [5, 5.41) is 10.1. The fourth-order valence-electron chi connectivity index (χ4n) is 3.33. The van der Waals surface area contributed by atoms with Crippen LogP contribution in [0.15, 0.2) is 53.7 Å². The third-order valence-electron chi connectivity index (χ3n) is 5.51. The van der Waals surface area contributed by atoms with Gasteiger partial charge in [0.1, 0.15) is 5.75 Å². The number of para-hydroxylation sites is 3. The van der Waals surface area contributed by atoms with Crippen molar-refractivity contribution in [2.24, 2.45) is 5.41 Å². The molecule has 7 heteroatoms. The average molecular weight is 414 g/mol.